The van der Waals surface area contributed by atoms with Crippen LogP contribution < -0.4 is 5.32 Å². The minimum absolute atomic E-state index is 0.185. The third kappa shape index (κ3) is 6.32. The first-order valence-corrected chi connectivity index (χ1v) is 13.0. The van der Waals surface area contributed by atoms with Crippen molar-refractivity contribution in [2.45, 2.75) is 11.8 Å². The number of hydrogen-bond donors (Lipinski definition) is 1. The van der Waals surface area contributed by atoms with Gasteiger partial charge < -0.3 is 5.32 Å². The van der Waals surface area contributed by atoms with Gasteiger partial charge in [-0.15, -0.1) is 0 Å². The Morgan fingerprint density at radius 1 is 0.833 bits per heavy atom. The van der Waals surface area contributed by atoms with E-state index < -0.39 is 15.6 Å². The highest BCUT2D eigenvalue weighted by molar-refractivity contribution is 7.93. The summed E-state index contributed by atoms with van der Waals surface area (Å²) in [6.45, 7) is 1.97. The Balaban J connectivity index is 1.46. The predicted octanol–water partition coefficient (Wildman–Crippen LogP) is 5.34. The van der Waals surface area contributed by atoms with Crippen LogP contribution in [0.3, 0.4) is 0 Å². The van der Waals surface area contributed by atoms with Crippen molar-refractivity contribution in [3.63, 3.8) is 0 Å². The molecule has 0 aliphatic heterocycles. The molecule has 4 rings (SSSR count). The molecule has 0 aliphatic carbocycles. The summed E-state index contributed by atoms with van der Waals surface area (Å²) in [6.07, 6.45) is 4.35. The molecule has 0 spiro atoms. The molecule has 4 aromatic rings. The number of rotatable bonds is 4. The molecular weight excluding hydrogens is 470 g/mol. The van der Waals surface area contributed by atoms with Crippen LogP contribution in [-0.2, 0) is 9.73 Å². The zero-order valence-corrected chi connectivity index (χ0v) is 20.6. The van der Waals surface area contributed by atoms with Crippen LogP contribution in [0.15, 0.2) is 107 Å². The van der Waals surface area contributed by atoms with Crippen molar-refractivity contribution in [2.24, 2.45) is 4.36 Å². The van der Waals surface area contributed by atoms with Crippen LogP contribution in [0, 0.1) is 18.8 Å². The number of carbonyl (C=O) groups excluding carboxylic acids is 2. The average molecular weight is 494 g/mol. The van der Waals surface area contributed by atoms with E-state index in [-0.39, 0.29) is 11.5 Å². The van der Waals surface area contributed by atoms with Crippen LogP contribution in [0.25, 0.3) is 0 Å². The SMILES string of the molecule is Cc1ccc(C(=O)Nc2ccc(C#Cc3cncc(C(=O)N=[S@@](C)(=O)c4ccccc4)c3)cc2)cc1. The summed E-state index contributed by atoms with van der Waals surface area (Å²) < 4.78 is 16.8. The number of amides is 2. The van der Waals surface area contributed by atoms with Crippen LogP contribution >= 0.6 is 0 Å². The number of aryl methyl sites for hydroxylation is 1. The molecule has 0 unspecified atom stereocenters. The van der Waals surface area contributed by atoms with Gasteiger partial charge in [-0.3, -0.25) is 14.6 Å². The van der Waals surface area contributed by atoms with Crippen molar-refractivity contribution < 1.29 is 13.8 Å². The Morgan fingerprint density at radius 2 is 1.50 bits per heavy atom. The lowest BCUT2D eigenvalue weighted by Gasteiger charge is -2.05. The van der Waals surface area contributed by atoms with Gasteiger partial charge in [0, 0.05) is 45.9 Å². The summed E-state index contributed by atoms with van der Waals surface area (Å²) >= 11 is 0. The molecule has 7 heteroatoms. The molecule has 6 nitrogen and oxygen atoms in total. The highest BCUT2D eigenvalue weighted by Gasteiger charge is 2.12. The Hall–Kier alpha value is -4.54. The van der Waals surface area contributed by atoms with Gasteiger partial charge in [0.15, 0.2) is 0 Å². The van der Waals surface area contributed by atoms with Gasteiger partial charge in [-0.1, -0.05) is 47.7 Å². The van der Waals surface area contributed by atoms with Gasteiger partial charge in [0.2, 0.25) is 0 Å². The minimum atomic E-state index is -2.88. The second-order valence-electron chi connectivity index (χ2n) is 8.12. The predicted molar refractivity (Wildman–Crippen MR) is 141 cm³/mol. The van der Waals surface area contributed by atoms with Crippen LogP contribution in [0.4, 0.5) is 5.69 Å². The van der Waals surface area contributed by atoms with Crippen molar-refractivity contribution in [1.29, 1.82) is 0 Å². The summed E-state index contributed by atoms with van der Waals surface area (Å²) in [4.78, 5) is 29.6. The maximum Gasteiger partial charge on any atom is 0.286 e. The Morgan fingerprint density at radius 3 is 2.19 bits per heavy atom. The quantitative estimate of drug-likeness (QED) is 0.389. The first-order valence-electron chi connectivity index (χ1n) is 11.1. The van der Waals surface area contributed by atoms with Crippen molar-refractivity contribution in [3.8, 4) is 11.8 Å². The van der Waals surface area contributed by atoms with Crippen molar-refractivity contribution >= 4 is 27.2 Å². The molecule has 3 aromatic carbocycles. The maximum absolute atomic E-state index is 12.9. The second-order valence-corrected chi connectivity index (χ2v) is 10.4. The lowest BCUT2D eigenvalue weighted by atomic mass is 10.1. The summed E-state index contributed by atoms with van der Waals surface area (Å²) in [7, 11) is -2.88. The molecule has 1 N–H and O–H groups in total. The Bertz CT molecular complexity index is 1590. The zero-order chi connectivity index (χ0) is 25.5. The third-order valence-electron chi connectivity index (χ3n) is 5.23. The maximum atomic E-state index is 12.9. The molecule has 2 amide bonds. The van der Waals surface area contributed by atoms with E-state index in [1.165, 1.54) is 12.5 Å². The molecule has 0 saturated carbocycles. The molecule has 178 valence electrons. The van der Waals surface area contributed by atoms with E-state index in [2.05, 4.69) is 26.5 Å². The number of aromatic nitrogens is 1. The number of nitrogens with zero attached hydrogens (tertiary/aromatic N) is 2. The van der Waals surface area contributed by atoms with Gasteiger partial charge in [-0.2, -0.15) is 4.36 Å². The van der Waals surface area contributed by atoms with E-state index >= 15 is 0 Å². The average Bonchev–Trinajstić information content (AvgIpc) is 2.89. The topological polar surface area (TPSA) is 88.5 Å². The van der Waals surface area contributed by atoms with E-state index in [9.17, 15) is 13.8 Å². The van der Waals surface area contributed by atoms with E-state index in [4.69, 9.17) is 0 Å². The molecule has 1 atom stereocenters. The van der Waals surface area contributed by atoms with E-state index in [0.29, 0.717) is 21.7 Å². The molecular formula is C29H23N3O3S. The second kappa shape index (κ2) is 10.8. The van der Waals surface area contributed by atoms with Crippen molar-refractivity contribution in [2.75, 3.05) is 11.6 Å². The van der Waals surface area contributed by atoms with Crippen LogP contribution in [0.2, 0.25) is 0 Å². The van der Waals surface area contributed by atoms with E-state index in [0.717, 1.165) is 11.1 Å². The third-order valence-corrected chi connectivity index (χ3v) is 6.89. The fourth-order valence-electron chi connectivity index (χ4n) is 3.25. The fourth-order valence-corrected chi connectivity index (χ4v) is 4.44. The first-order chi connectivity index (χ1) is 17.3. The van der Waals surface area contributed by atoms with Gasteiger partial charge >= 0.3 is 0 Å². The molecule has 0 saturated heterocycles. The largest absolute Gasteiger partial charge is 0.322 e. The highest BCUT2D eigenvalue weighted by atomic mass is 32.2. The van der Waals surface area contributed by atoms with E-state index in [1.807, 2.05) is 25.1 Å². The minimum Gasteiger partial charge on any atom is -0.322 e. The fraction of sp³-hybridized carbons (Fsp3) is 0.0690. The first kappa shape index (κ1) is 24.6. The summed E-state index contributed by atoms with van der Waals surface area (Å²) in [5, 5.41) is 2.86. The Kier molecular flexibility index (Phi) is 7.38. The number of anilines is 1. The molecule has 36 heavy (non-hydrogen) atoms. The molecule has 0 radical (unpaired) electrons. The normalized spacial score (nSPS) is 11.9. The summed E-state index contributed by atoms with van der Waals surface area (Å²) in [6, 6.07) is 24.7. The van der Waals surface area contributed by atoms with Crippen molar-refractivity contribution in [1.82, 2.24) is 4.98 Å². The van der Waals surface area contributed by atoms with Crippen LogP contribution in [0.1, 0.15) is 37.4 Å². The number of hydrogen-bond acceptors (Lipinski definition) is 4. The summed E-state index contributed by atoms with van der Waals surface area (Å²) in [5.74, 6) is 5.20. The smallest absolute Gasteiger partial charge is 0.286 e. The molecule has 0 fully saturated rings. The monoisotopic (exact) mass is 493 g/mol. The van der Waals surface area contributed by atoms with E-state index in [1.54, 1.807) is 72.9 Å². The van der Waals surface area contributed by atoms with Gasteiger partial charge in [-0.25, -0.2) is 4.21 Å². The lowest BCUT2D eigenvalue weighted by Crippen LogP contribution is -2.11. The number of benzene rings is 3. The van der Waals surface area contributed by atoms with Gasteiger partial charge in [0.1, 0.15) is 0 Å². The standard InChI is InChI=1S/C29H23N3O3S/c1-21-8-14-24(15-9-21)28(33)31-26-16-12-22(13-17-26)10-11-23-18-25(20-30-19-23)29(34)32-36(2,35)27-6-4-3-5-7-27/h3-9,12-20H,1-2H3,(H,31,33)/t36-/m0/s1. The number of carbonyl (C=O) groups is 2. The van der Waals surface area contributed by atoms with Crippen molar-refractivity contribution in [3.05, 3.63) is 125 Å². The Labute approximate surface area is 210 Å². The van der Waals surface area contributed by atoms with Gasteiger partial charge in [0.05, 0.1) is 15.3 Å². The van der Waals surface area contributed by atoms with Gasteiger partial charge in [0.25, 0.3) is 11.8 Å². The molecule has 0 bridgehead atoms. The molecule has 0 aliphatic rings. The highest BCUT2D eigenvalue weighted by Crippen LogP contribution is 2.14. The zero-order valence-electron chi connectivity index (χ0n) is 19.8. The molecule has 1 aromatic heterocycles. The van der Waals surface area contributed by atoms with Crippen LogP contribution in [-0.4, -0.2) is 27.3 Å². The molecule has 1 heterocycles. The lowest BCUT2D eigenvalue weighted by molar-refractivity contribution is 0.100. The number of pyridine rings is 1. The van der Waals surface area contributed by atoms with Gasteiger partial charge in [-0.05, 0) is 61.5 Å². The van der Waals surface area contributed by atoms with Crippen LogP contribution in [0.5, 0.6) is 0 Å². The number of nitrogens with one attached hydrogen (secondary N) is 1. The summed E-state index contributed by atoms with van der Waals surface area (Å²) in [5.41, 5.74) is 3.79.